The number of carbonyl (C=O) groups is 1. The van der Waals surface area contributed by atoms with Gasteiger partial charge >= 0.3 is 5.97 Å². The molecule has 0 saturated heterocycles. The Morgan fingerprint density at radius 3 is 3.00 bits per heavy atom. The van der Waals surface area contributed by atoms with Gasteiger partial charge in [-0.25, -0.2) is 9.78 Å². The molecule has 0 aliphatic heterocycles. The minimum atomic E-state index is -1.07. The zero-order valence-electron chi connectivity index (χ0n) is 7.67. The van der Waals surface area contributed by atoms with Crippen LogP contribution < -0.4 is 0 Å². The molecule has 0 saturated carbocycles. The van der Waals surface area contributed by atoms with Crippen LogP contribution in [0.3, 0.4) is 0 Å². The van der Waals surface area contributed by atoms with Gasteiger partial charge in [0, 0.05) is 6.20 Å². The zero-order valence-corrected chi connectivity index (χ0v) is 7.67. The average Bonchev–Trinajstić information content (AvgIpc) is 2.18. The highest BCUT2D eigenvalue weighted by Gasteiger charge is 2.07. The second kappa shape index (κ2) is 4.45. The van der Waals surface area contributed by atoms with Crippen molar-refractivity contribution >= 4 is 5.97 Å². The van der Waals surface area contributed by atoms with Crippen LogP contribution >= 0.6 is 0 Å². The molecule has 1 rings (SSSR count). The Morgan fingerprint density at radius 1 is 1.71 bits per heavy atom. The number of pyridine rings is 1. The van der Waals surface area contributed by atoms with E-state index in [-0.39, 0.29) is 11.7 Å². The standard InChI is InChI=1S/C9H10N2O3/c1-6(11-14)4-7-2-3-10-8(5-7)9(12)13/h2-3,5-6H,4H2,1H3,(H,12,13). The van der Waals surface area contributed by atoms with E-state index in [4.69, 9.17) is 5.11 Å². The number of aromatic carboxylic acids is 1. The van der Waals surface area contributed by atoms with E-state index in [1.54, 1.807) is 13.0 Å². The fourth-order valence-corrected chi connectivity index (χ4v) is 1.10. The van der Waals surface area contributed by atoms with Gasteiger partial charge in [-0.3, -0.25) is 0 Å². The molecular weight excluding hydrogens is 184 g/mol. The normalized spacial score (nSPS) is 12.1. The highest BCUT2D eigenvalue weighted by atomic mass is 16.4. The lowest BCUT2D eigenvalue weighted by atomic mass is 10.1. The van der Waals surface area contributed by atoms with Gasteiger partial charge in [-0.1, -0.05) is 5.18 Å². The van der Waals surface area contributed by atoms with Gasteiger partial charge in [-0.05, 0) is 31.0 Å². The molecule has 14 heavy (non-hydrogen) atoms. The molecule has 1 unspecified atom stereocenters. The third kappa shape index (κ3) is 2.62. The van der Waals surface area contributed by atoms with E-state index < -0.39 is 5.97 Å². The summed E-state index contributed by atoms with van der Waals surface area (Å²) in [6, 6.07) is 2.78. The minimum absolute atomic E-state index is 0.0133. The van der Waals surface area contributed by atoms with Gasteiger partial charge in [0.2, 0.25) is 0 Å². The quantitative estimate of drug-likeness (QED) is 0.736. The van der Waals surface area contributed by atoms with Crippen LogP contribution in [0, 0.1) is 4.91 Å². The lowest BCUT2D eigenvalue weighted by Gasteiger charge is -2.02. The number of carboxylic acids is 1. The number of nitroso groups, excluding NO2 is 1. The van der Waals surface area contributed by atoms with E-state index in [1.165, 1.54) is 12.3 Å². The summed E-state index contributed by atoms with van der Waals surface area (Å²) in [6.07, 6.45) is 1.85. The Balaban J connectivity index is 2.83. The van der Waals surface area contributed by atoms with E-state index in [0.717, 1.165) is 5.56 Å². The van der Waals surface area contributed by atoms with Crippen molar-refractivity contribution < 1.29 is 9.90 Å². The summed E-state index contributed by atoms with van der Waals surface area (Å²) >= 11 is 0. The summed E-state index contributed by atoms with van der Waals surface area (Å²) in [4.78, 5) is 24.4. The van der Waals surface area contributed by atoms with Crippen LogP contribution in [0.15, 0.2) is 23.5 Å². The predicted molar refractivity (Wildman–Crippen MR) is 50.2 cm³/mol. The van der Waals surface area contributed by atoms with Crippen LogP contribution in [0.1, 0.15) is 23.0 Å². The van der Waals surface area contributed by atoms with Crippen molar-refractivity contribution in [2.24, 2.45) is 5.18 Å². The number of hydrogen-bond donors (Lipinski definition) is 1. The van der Waals surface area contributed by atoms with Crippen molar-refractivity contribution in [2.45, 2.75) is 19.4 Å². The summed E-state index contributed by atoms with van der Waals surface area (Å²) in [5.41, 5.74) is 0.741. The van der Waals surface area contributed by atoms with Crippen molar-refractivity contribution in [2.75, 3.05) is 0 Å². The van der Waals surface area contributed by atoms with Gasteiger partial charge in [0.15, 0.2) is 0 Å². The van der Waals surface area contributed by atoms with Gasteiger partial charge in [0.1, 0.15) is 5.69 Å². The number of rotatable bonds is 4. The number of aromatic nitrogens is 1. The average molecular weight is 194 g/mol. The highest BCUT2D eigenvalue weighted by molar-refractivity contribution is 5.85. The van der Waals surface area contributed by atoms with Crippen LogP contribution in [0.5, 0.6) is 0 Å². The molecule has 0 spiro atoms. The molecule has 1 atom stereocenters. The second-order valence-corrected chi connectivity index (χ2v) is 3.01. The van der Waals surface area contributed by atoms with Gasteiger partial charge in [-0.2, -0.15) is 4.91 Å². The van der Waals surface area contributed by atoms with Crippen LogP contribution in [-0.4, -0.2) is 22.1 Å². The van der Waals surface area contributed by atoms with E-state index in [9.17, 15) is 9.70 Å². The monoisotopic (exact) mass is 194 g/mol. The first-order chi connectivity index (χ1) is 6.63. The molecule has 1 heterocycles. The highest BCUT2D eigenvalue weighted by Crippen LogP contribution is 2.06. The summed E-state index contributed by atoms with van der Waals surface area (Å²) in [7, 11) is 0. The predicted octanol–water partition coefficient (Wildman–Crippen LogP) is 1.48. The maximum absolute atomic E-state index is 10.6. The lowest BCUT2D eigenvalue weighted by molar-refractivity contribution is 0.0690. The summed E-state index contributed by atoms with van der Waals surface area (Å²) in [5, 5.41) is 11.5. The van der Waals surface area contributed by atoms with Crippen molar-refractivity contribution in [1.82, 2.24) is 4.98 Å². The van der Waals surface area contributed by atoms with Gasteiger partial charge in [0.05, 0.1) is 6.04 Å². The second-order valence-electron chi connectivity index (χ2n) is 3.01. The molecule has 0 aromatic carbocycles. The number of nitrogens with zero attached hydrogens (tertiary/aromatic N) is 2. The molecule has 1 aromatic rings. The fraction of sp³-hybridized carbons (Fsp3) is 0.333. The summed E-state index contributed by atoms with van der Waals surface area (Å²) in [6.45, 7) is 1.67. The maximum atomic E-state index is 10.6. The molecule has 0 fully saturated rings. The third-order valence-electron chi connectivity index (χ3n) is 1.75. The molecule has 1 aromatic heterocycles. The van der Waals surface area contributed by atoms with Gasteiger partial charge < -0.3 is 5.11 Å². The largest absolute Gasteiger partial charge is 0.477 e. The first-order valence-corrected chi connectivity index (χ1v) is 4.14. The van der Waals surface area contributed by atoms with Crippen LogP contribution in [0.4, 0.5) is 0 Å². The molecule has 1 N–H and O–H groups in total. The Labute approximate surface area is 80.8 Å². The Hall–Kier alpha value is -1.78. The first-order valence-electron chi connectivity index (χ1n) is 4.14. The minimum Gasteiger partial charge on any atom is -0.477 e. The van der Waals surface area contributed by atoms with E-state index in [0.29, 0.717) is 6.42 Å². The molecule has 5 heteroatoms. The Kier molecular flexibility index (Phi) is 3.28. The van der Waals surface area contributed by atoms with Crippen LogP contribution in [-0.2, 0) is 6.42 Å². The van der Waals surface area contributed by atoms with Crippen LogP contribution in [0.25, 0.3) is 0 Å². The summed E-state index contributed by atoms with van der Waals surface area (Å²) < 4.78 is 0. The first kappa shape index (κ1) is 10.3. The van der Waals surface area contributed by atoms with E-state index in [2.05, 4.69) is 10.2 Å². The van der Waals surface area contributed by atoms with Crippen molar-refractivity contribution in [3.63, 3.8) is 0 Å². The third-order valence-corrected chi connectivity index (χ3v) is 1.75. The summed E-state index contributed by atoms with van der Waals surface area (Å²) in [5.74, 6) is -1.07. The molecular formula is C9H10N2O3. The van der Waals surface area contributed by atoms with Gasteiger partial charge in [0.25, 0.3) is 0 Å². The van der Waals surface area contributed by atoms with Gasteiger partial charge in [-0.15, -0.1) is 0 Å². The molecule has 5 nitrogen and oxygen atoms in total. The van der Waals surface area contributed by atoms with E-state index >= 15 is 0 Å². The van der Waals surface area contributed by atoms with E-state index in [1.807, 2.05) is 0 Å². The molecule has 0 bridgehead atoms. The number of carboxylic acid groups (broad SMARTS) is 1. The van der Waals surface area contributed by atoms with Crippen molar-refractivity contribution in [3.8, 4) is 0 Å². The molecule has 0 aliphatic carbocycles. The van der Waals surface area contributed by atoms with Crippen molar-refractivity contribution in [1.29, 1.82) is 0 Å². The lowest BCUT2D eigenvalue weighted by Crippen LogP contribution is -2.05. The molecule has 0 radical (unpaired) electrons. The Morgan fingerprint density at radius 2 is 2.43 bits per heavy atom. The number of hydrogen-bond acceptors (Lipinski definition) is 4. The fourth-order valence-electron chi connectivity index (χ4n) is 1.10. The van der Waals surface area contributed by atoms with Crippen LogP contribution in [0.2, 0.25) is 0 Å². The molecule has 0 aliphatic rings. The Bertz CT molecular complexity index is 352. The molecule has 0 amide bonds. The SMILES string of the molecule is CC(Cc1ccnc(C(=O)O)c1)N=O. The zero-order chi connectivity index (χ0) is 10.6. The maximum Gasteiger partial charge on any atom is 0.354 e. The topological polar surface area (TPSA) is 79.6 Å². The molecule has 74 valence electrons. The smallest absolute Gasteiger partial charge is 0.354 e. The van der Waals surface area contributed by atoms with Crippen molar-refractivity contribution in [3.05, 3.63) is 34.5 Å².